The smallest absolute Gasteiger partial charge is 0.338 e. The molecule has 1 aromatic carbocycles. The summed E-state index contributed by atoms with van der Waals surface area (Å²) in [6.45, 7) is 1.67. The quantitative estimate of drug-likeness (QED) is 0.367. The van der Waals surface area contributed by atoms with E-state index >= 15 is 0 Å². The van der Waals surface area contributed by atoms with Crippen molar-refractivity contribution in [1.82, 2.24) is 5.32 Å². The number of benzene rings is 1. The van der Waals surface area contributed by atoms with Crippen LogP contribution in [0.5, 0.6) is 0 Å². The SMILES string of the molecule is C[C@@H]1CCCC[C@H]1NC(=O)COC(=O)c1ccc(N)c([N+](=O)[O-])c1. The third-order valence-corrected chi connectivity index (χ3v) is 4.26. The molecule has 0 spiro atoms. The number of carbonyl (C=O) groups is 2. The minimum atomic E-state index is -0.801. The van der Waals surface area contributed by atoms with Crippen LogP contribution in [0.25, 0.3) is 0 Å². The van der Waals surface area contributed by atoms with Crippen molar-refractivity contribution in [2.45, 2.75) is 38.6 Å². The van der Waals surface area contributed by atoms with Crippen molar-refractivity contribution in [3.8, 4) is 0 Å². The van der Waals surface area contributed by atoms with Crippen molar-refractivity contribution in [3.63, 3.8) is 0 Å². The molecule has 0 unspecified atom stereocenters. The molecule has 1 aromatic rings. The zero-order valence-corrected chi connectivity index (χ0v) is 13.5. The maximum absolute atomic E-state index is 11.9. The maximum atomic E-state index is 11.9. The van der Waals surface area contributed by atoms with Crippen LogP contribution < -0.4 is 11.1 Å². The fourth-order valence-electron chi connectivity index (χ4n) is 2.82. The fourth-order valence-corrected chi connectivity index (χ4v) is 2.82. The van der Waals surface area contributed by atoms with Crippen LogP contribution in [0.4, 0.5) is 11.4 Å². The van der Waals surface area contributed by atoms with Crippen LogP contribution in [0.1, 0.15) is 43.0 Å². The molecule has 0 radical (unpaired) electrons. The molecule has 1 saturated carbocycles. The van der Waals surface area contributed by atoms with Crippen LogP contribution in [0, 0.1) is 16.0 Å². The van der Waals surface area contributed by atoms with Crippen LogP contribution in [0.3, 0.4) is 0 Å². The predicted octanol–water partition coefficient (Wildman–Crippen LogP) is 2.03. The monoisotopic (exact) mass is 335 g/mol. The van der Waals surface area contributed by atoms with E-state index in [0.29, 0.717) is 5.92 Å². The Kier molecular flexibility index (Phi) is 5.73. The van der Waals surface area contributed by atoms with Gasteiger partial charge in [-0.25, -0.2) is 4.79 Å². The number of nitrogens with zero attached hydrogens (tertiary/aromatic N) is 1. The van der Waals surface area contributed by atoms with Crippen LogP contribution in [0.2, 0.25) is 0 Å². The van der Waals surface area contributed by atoms with Gasteiger partial charge in [0.1, 0.15) is 5.69 Å². The van der Waals surface area contributed by atoms with Crippen molar-refractivity contribution in [3.05, 3.63) is 33.9 Å². The van der Waals surface area contributed by atoms with E-state index in [1.165, 1.54) is 18.6 Å². The van der Waals surface area contributed by atoms with Gasteiger partial charge < -0.3 is 15.8 Å². The van der Waals surface area contributed by atoms with Gasteiger partial charge in [0.15, 0.2) is 6.61 Å². The third kappa shape index (κ3) is 4.43. The third-order valence-electron chi connectivity index (χ3n) is 4.26. The van der Waals surface area contributed by atoms with E-state index in [1.807, 2.05) is 0 Å². The summed E-state index contributed by atoms with van der Waals surface area (Å²) in [4.78, 5) is 34.0. The number of nitrogens with one attached hydrogen (secondary N) is 1. The van der Waals surface area contributed by atoms with Crippen molar-refractivity contribution in [2.24, 2.45) is 5.92 Å². The van der Waals surface area contributed by atoms with Gasteiger partial charge in [0.2, 0.25) is 0 Å². The van der Waals surface area contributed by atoms with Crippen LogP contribution in [0.15, 0.2) is 18.2 Å². The number of anilines is 1. The lowest BCUT2D eigenvalue weighted by atomic mass is 9.86. The second kappa shape index (κ2) is 7.76. The van der Waals surface area contributed by atoms with Crippen LogP contribution in [-0.2, 0) is 9.53 Å². The summed E-state index contributed by atoms with van der Waals surface area (Å²) in [5, 5.41) is 13.7. The normalized spacial score (nSPS) is 20.2. The highest BCUT2D eigenvalue weighted by Crippen LogP contribution is 2.24. The van der Waals surface area contributed by atoms with Crippen LogP contribution >= 0.6 is 0 Å². The summed E-state index contributed by atoms with van der Waals surface area (Å²) >= 11 is 0. The second-order valence-electron chi connectivity index (χ2n) is 6.04. The zero-order valence-electron chi connectivity index (χ0n) is 13.5. The predicted molar refractivity (Wildman–Crippen MR) is 87.4 cm³/mol. The number of carbonyl (C=O) groups excluding carboxylic acids is 2. The van der Waals surface area contributed by atoms with Gasteiger partial charge in [0.25, 0.3) is 11.6 Å². The zero-order chi connectivity index (χ0) is 17.7. The molecule has 8 nitrogen and oxygen atoms in total. The van der Waals surface area contributed by atoms with Crippen molar-refractivity contribution in [2.75, 3.05) is 12.3 Å². The highest BCUT2D eigenvalue weighted by atomic mass is 16.6. The van der Waals surface area contributed by atoms with Gasteiger partial charge in [-0.1, -0.05) is 19.8 Å². The van der Waals surface area contributed by atoms with Crippen LogP contribution in [-0.4, -0.2) is 29.4 Å². The molecule has 24 heavy (non-hydrogen) atoms. The van der Waals surface area contributed by atoms with Gasteiger partial charge in [-0.15, -0.1) is 0 Å². The first-order valence-corrected chi connectivity index (χ1v) is 7.89. The molecule has 1 fully saturated rings. The number of rotatable bonds is 5. The molecule has 0 saturated heterocycles. The Bertz CT molecular complexity index is 647. The molecule has 3 N–H and O–H groups in total. The molecule has 1 amide bonds. The Morgan fingerprint density at radius 3 is 2.75 bits per heavy atom. The number of esters is 1. The molecule has 0 heterocycles. The lowest BCUT2D eigenvalue weighted by Gasteiger charge is -2.29. The lowest BCUT2D eigenvalue weighted by molar-refractivity contribution is -0.383. The molecule has 8 heteroatoms. The highest BCUT2D eigenvalue weighted by molar-refractivity contribution is 5.92. The van der Waals surface area contributed by atoms with Gasteiger partial charge in [0.05, 0.1) is 10.5 Å². The Hall–Kier alpha value is -2.64. The fraction of sp³-hybridized carbons (Fsp3) is 0.500. The summed E-state index contributed by atoms with van der Waals surface area (Å²) in [5.74, 6) is -0.768. The largest absolute Gasteiger partial charge is 0.452 e. The Morgan fingerprint density at radius 1 is 1.38 bits per heavy atom. The Balaban J connectivity index is 1.89. The lowest BCUT2D eigenvalue weighted by Crippen LogP contribution is -2.42. The van der Waals surface area contributed by atoms with E-state index in [0.717, 1.165) is 25.3 Å². The summed E-state index contributed by atoms with van der Waals surface area (Å²) in [6.07, 6.45) is 4.23. The molecule has 0 bridgehead atoms. The van der Waals surface area contributed by atoms with E-state index in [1.54, 1.807) is 0 Å². The van der Waals surface area contributed by atoms with Gasteiger partial charge in [0, 0.05) is 12.1 Å². The minimum Gasteiger partial charge on any atom is -0.452 e. The summed E-state index contributed by atoms with van der Waals surface area (Å²) in [5.41, 5.74) is 5.04. The summed E-state index contributed by atoms with van der Waals surface area (Å²) < 4.78 is 4.93. The number of hydrogen-bond donors (Lipinski definition) is 2. The molecule has 2 atom stereocenters. The standard InChI is InChI=1S/C16H21N3O5/c1-10-4-2-3-5-13(10)18-15(20)9-24-16(21)11-6-7-12(17)14(8-11)19(22)23/h6-8,10,13H,2-5,9,17H2,1H3,(H,18,20)/t10-,13-/m1/s1. The topological polar surface area (TPSA) is 125 Å². The average molecular weight is 335 g/mol. The maximum Gasteiger partial charge on any atom is 0.338 e. The van der Waals surface area contributed by atoms with Gasteiger partial charge >= 0.3 is 5.97 Å². The van der Waals surface area contributed by atoms with Crippen molar-refractivity contribution >= 4 is 23.3 Å². The molecule has 0 aliphatic heterocycles. The number of nitro benzene ring substituents is 1. The number of hydrogen-bond acceptors (Lipinski definition) is 6. The Morgan fingerprint density at radius 2 is 2.08 bits per heavy atom. The van der Waals surface area contributed by atoms with E-state index in [9.17, 15) is 19.7 Å². The van der Waals surface area contributed by atoms with Gasteiger partial charge in [-0.2, -0.15) is 0 Å². The molecule has 1 aliphatic carbocycles. The summed E-state index contributed by atoms with van der Waals surface area (Å²) in [7, 11) is 0. The average Bonchev–Trinajstić information content (AvgIpc) is 2.55. The molecule has 0 aromatic heterocycles. The van der Waals surface area contributed by atoms with Gasteiger partial charge in [-0.3, -0.25) is 14.9 Å². The van der Waals surface area contributed by atoms with Gasteiger partial charge in [-0.05, 0) is 30.9 Å². The number of amides is 1. The molecular weight excluding hydrogens is 314 g/mol. The van der Waals surface area contributed by atoms with E-state index < -0.39 is 17.5 Å². The van der Waals surface area contributed by atoms with E-state index in [2.05, 4.69) is 12.2 Å². The molecule has 2 rings (SSSR count). The first kappa shape index (κ1) is 17.7. The number of ether oxygens (including phenoxy) is 1. The molecule has 130 valence electrons. The number of nitro groups is 1. The number of nitrogen functional groups attached to an aromatic ring is 1. The van der Waals surface area contributed by atoms with Crippen molar-refractivity contribution < 1.29 is 19.2 Å². The minimum absolute atomic E-state index is 0.0188. The molecular formula is C16H21N3O5. The highest BCUT2D eigenvalue weighted by Gasteiger charge is 2.23. The molecule has 1 aliphatic rings. The first-order chi connectivity index (χ1) is 11.4. The Labute approximate surface area is 139 Å². The van der Waals surface area contributed by atoms with E-state index in [-0.39, 0.29) is 28.9 Å². The van der Waals surface area contributed by atoms with Crippen molar-refractivity contribution in [1.29, 1.82) is 0 Å². The first-order valence-electron chi connectivity index (χ1n) is 7.89. The number of nitrogens with two attached hydrogens (primary N) is 1. The summed E-state index contributed by atoms with van der Waals surface area (Å²) in [6, 6.07) is 3.73. The second-order valence-corrected chi connectivity index (χ2v) is 6.04. The van der Waals surface area contributed by atoms with E-state index in [4.69, 9.17) is 10.5 Å².